The molecule has 1 atom stereocenters. The maximum Gasteiger partial charge on any atom is 0.0674 e. The summed E-state index contributed by atoms with van der Waals surface area (Å²) in [7, 11) is 0. The van der Waals surface area contributed by atoms with Crippen molar-refractivity contribution in [2.24, 2.45) is 0 Å². The van der Waals surface area contributed by atoms with Crippen molar-refractivity contribution >= 4 is 0 Å². The molecule has 0 spiro atoms. The van der Waals surface area contributed by atoms with Crippen LogP contribution in [0, 0.1) is 0 Å². The van der Waals surface area contributed by atoms with Crippen molar-refractivity contribution in [2.45, 2.75) is 33.0 Å². The first kappa shape index (κ1) is 13.5. The van der Waals surface area contributed by atoms with Crippen LogP contribution in [0.25, 0.3) is 0 Å². The number of hydrogen-bond acceptors (Lipinski definition) is 4. The molecule has 18 heavy (non-hydrogen) atoms. The van der Waals surface area contributed by atoms with Crippen LogP contribution < -0.4 is 5.32 Å². The molecule has 2 heterocycles. The molecule has 4 heteroatoms. The summed E-state index contributed by atoms with van der Waals surface area (Å²) in [5.74, 6) is 0. The molecule has 1 fully saturated rings. The fourth-order valence-corrected chi connectivity index (χ4v) is 2.19. The molecule has 1 aliphatic heterocycles. The van der Waals surface area contributed by atoms with Crippen molar-refractivity contribution < 1.29 is 4.74 Å². The Hall–Kier alpha value is -0.970. The Bertz CT molecular complexity index is 353. The topological polar surface area (TPSA) is 37.4 Å². The third kappa shape index (κ3) is 4.05. The van der Waals surface area contributed by atoms with Gasteiger partial charge in [-0.1, -0.05) is 13.0 Å². The predicted molar refractivity (Wildman–Crippen MR) is 72.3 cm³/mol. The molecule has 0 bridgehead atoms. The maximum absolute atomic E-state index is 5.54. The number of morpholine rings is 1. The van der Waals surface area contributed by atoms with Gasteiger partial charge in [-0.15, -0.1) is 0 Å². The van der Waals surface area contributed by atoms with E-state index in [-0.39, 0.29) is 0 Å². The number of rotatable bonds is 5. The number of hydrogen-bond donors (Lipinski definition) is 1. The molecule has 0 aliphatic carbocycles. The lowest BCUT2D eigenvalue weighted by atomic mass is 10.2. The molecule has 1 aromatic heterocycles. The van der Waals surface area contributed by atoms with E-state index in [1.54, 1.807) is 0 Å². The Balaban J connectivity index is 1.85. The van der Waals surface area contributed by atoms with E-state index in [4.69, 9.17) is 4.74 Å². The molecule has 4 nitrogen and oxygen atoms in total. The van der Waals surface area contributed by atoms with Crippen LogP contribution in [-0.4, -0.2) is 42.2 Å². The summed E-state index contributed by atoms with van der Waals surface area (Å²) in [4.78, 5) is 6.93. The third-order valence-electron chi connectivity index (χ3n) is 3.18. The molecule has 1 saturated heterocycles. The van der Waals surface area contributed by atoms with Crippen LogP contribution >= 0.6 is 0 Å². The van der Waals surface area contributed by atoms with Gasteiger partial charge in [0.05, 0.1) is 18.4 Å². The molecule has 0 saturated carbocycles. The standard InChI is InChI=1S/C14H23N3O/c1-3-15-8-13-4-5-14(16-9-13)11-17-6-7-18-12(2)10-17/h4-5,9,12,15H,3,6-8,10-11H2,1-2H3. The first-order valence-corrected chi connectivity index (χ1v) is 6.76. The number of nitrogens with one attached hydrogen (secondary N) is 1. The minimum Gasteiger partial charge on any atom is -0.376 e. The highest BCUT2D eigenvalue weighted by atomic mass is 16.5. The first-order chi connectivity index (χ1) is 8.78. The van der Waals surface area contributed by atoms with Crippen molar-refractivity contribution in [3.05, 3.63) is 29.6 Å². The van der Waals surface area contributed by atoms with Gasteiger partial charge in [-0.05, 0) is 25.1 Å². The predicted octanol–water partition coefficient (Wildman–Crippen LogP) is 1.41. The second-order valence-corrected chi connectivity index (χ2v) is 4.85. The Morgan fingerprint density at radius 3 is 3.06 bits per heavy atom. The van der Waals surface area contributed by atoms with Crippen LogP contribution in [0.4, 0.5) is 0 Å². The van der Waals surface area contributed by atoms with Crippen LogP contribution in [0.3, 0.4) is 0 Å². The van der Waals surface area contributed by atoms with E-state index in [1.165, 1.54) is 5.56 Å². The zero-order chi connectivity index (χ0) is 12.8. The SMILES string of the molecule is CCNCc1ccc(CN2CCOC(C)C2)nc1. The van der Waals surface area contributed by atoms with E-state index in [1.807, 2.05) is 6.20 Å². The summed E-state index contributed by atoms with van der Waals surface area (Å²) in [6.45, 7) is 9.90. The maximum atomic E-state index is 5.54. The summed E-state index contributed by atoms with van der Waals surface area (Å²) in [5.41, 5.74) is 2.39. The molecule has 2 rings (SSSR count). The van der Waals surface area contributed by atoms with Gasteiger partial charge in [-0.3, -0.25) is 9.88 Å². The molecule has 1 unspecified atom stereocenters. The molecular weight excluding hydrogens is 226 g/mol. The average Bonchev–Trinajstić information content (AvgIpc) is 2.38. The van der Waals surface area contributed by atoms with Gasteiger partial charge in [-0.2, -0.15) is 0 Å². The van der Waals surface area contributed by atoms with E-state index in [0.717, 1.165) is 45.0 Å². The fourth-order valence-electron chi connectivity index (χ4n) is 2.19. The highest BCUT2D eigenvalue weighted by Gasteiger charge is 2.16. The molecule has 100 valence electrons. The summed E-state index contributed by atoms with van der Waals surface area (Å²) in [6, 6.07) is 4.29. The van der Waals surface area contributed by atoms with Gasteiger partial charge in [0.15, 0.2) is 0 Å². The fraction of sp³-hybridized carbons (Fsp3) is 0.643. The van der Waals surface area contributed by atoms with Gasteiger partial charge >= 0.3 is 0 Å². The number of aromatic nitrogens is 1. The lowest BCUT2D eigenvalue weighted by Gasteiger charge is -2.30. The highest BCUT2D eigenvalue weighted by Crippen LogP contribution is 2.09. The molecule has 0 radical (unpaired) electrons. The second-order valence-electron chi connectivity index (χ2n) is 4.85. The Labute approximate surface area is 109 Å². The molecule has 1 N–H and O–H groups in total. The average molecular weight is 249 g/mol. The first-order valence-electron chi connectivity index (χ1n) is 6.76. The zero-order valence-electron chi connectivity index (χ0n) is 11.4. The minimum atomic E-state index is 0.340. The summed E-state index contributed by atoms with van der Waals surface area (Å²) >= 11 is 0. The quantitative estimate of drug-likeness (QED) is 0.856. The van der Waals surface area contributed by atoms with Crippen LogP contribution in [0.5, 0.6) is 0 Å². The van der Waals surface area contributed by atoms with Gasteiger partial charge in [0.25, 0.3) is 0 Å². The number of nitrogens with zero attached hydrogens (tertiary/aromatic N) is 2. The number of pyridine rings is 1. The lowest BCUT2D eigenvalue weighted by molar-refractivity contribution is -0.0215. The summed E-state index contributed by atoms with van der Waals surface area (Å²) in [5, 5.41) is 3.30. The Kier molecular flexibility index (Phi) is 5.11. The Morgan fingerprint density at radius 2 is 2.39 bits per heavy atom. The third-order valence-corrected chi connectivity index (χ3v) is 3.18. The number of ether oxygens (including phenoxy) is 1. The molecule has 1 aliphatic rings. The van der Waals surface area contributed by atoms with E-state index in [9.17, 15) is 0 Å². The monoisotopic (exact) mass is 249 g/mol. The summed E-state index contributed by atoms with van der Waals surface area (Å²) < 4.78 is 5.54. The van der Waals surface area contributed by atoms with Crippen LogP contribution in [0.1, 0.15) is 25.1 Å². The van der Waals surface area contributed by atoms with Gasteiger partial charge in [0.2, 0.25) is 0 Å². The largest absolute Gasteiger partial charge is 0.376 e. The van der Waals surface area contributed by atoms with Crippen molar-refractivity contribution in [3.63, 3.8) is 0 Å². The van der Waals surface area contributed by atoms with Gasteiger partial charge in [0.1, 0.15) is 0 Å². The van der Waals surface area contributed by atoms with E-state index in [2.05, 4.69) is 41.2 Å². The van der Waals surface area contributed by atoms with Crippen LogP contribution in [0.15, 0.2) is 18.3 Å². The van der Waals surface area contributed by atoms with Crippen LogP contribution in [-0.2, 0) is 17.8 Å². The summed E-state index contributed by atoms with van der Waals surface area (Å²) in [6.07, 6.45) is 2.31. The van der Waals surface area contributed by atoms with Gasteiger partial charge < -0.3 is 10.1 Å². The smallest absolute Gasteiger partial charge is 0.0674 e. The lowest BCUT2D eigenvalue weighted by Crippen LogP contribution is -2.40. The molecule has 1 aromatic rings. The van der Waals surface area contributed by atoms with Crippen molar-refractivity contribution in [2.75, 3.05) is 26.2 Å². The Morgan fingerprint density at radius 1 is 1.50 bits per heavy atom. The van der Waals surface area contributed by atoms with E-state index < -0.39 is 0 Å². The van der Waals surface area contributed by atoms with Gasteiger partial charge in [0, 0.05) is 32.4 Å². The zero-order valence-corrected chi connectivity index (χ0v) is 11.4. The van der Waals surface area contributed by atoms with E-state index in [0.29, 0.717) is 6.10 Å². The molecule has 0 amide bonds. The van der Waals surface area contributed by atoms with Crippen molar-refractivity contribution in [3.8, 4) is 0 Å². The van der Waals surface area contributed by atoms with Crippen molar-refractivity contribution in [1.29, 1.82) is 0 Å². The van der Waals surface area contributed by atoms with Gasteiger partial charge in [-0.25, -0.2) is 0 Å². The highest BCUT2D eigenvalue weighted by molar-refractivity contribution is 5.14. The molecule has 0 aromatic carbocycles. The van der Waals surface area contributed by atoms with E-state index >= 15 is 0 Å². The normalized spacial score (nSPS) is 21.1. The molecular formula is C14H23N3O. The van der Waals surface area contributed by atoms with Crippen molar-refractivity contribution in [1.82, 2.24) is 15.2 Å². The van der Waals surface area contributed by atoms with Crippen LogP contribution in [0.2, 0.25) is 0 Å². The second kappa shape index (κ2) is 6.83. The minimum absolute atomic E-state index is 0.340.